The van der Waals surface area contributed by atoms with Gasteiger partial charge >= 0.3 is 0 Å². The van der Waals surface area contributed by atoms with Gasteiger partial charge in [-0.05, 0) is 30.0 Å². The molecule has 2 heteroatoms. The van der Waals surface area contributed by atoms with E-state index < -0.39 is 0 Å². The lowest BCUT2D eigenvalue weighted by molar-refractivity contribution is 0.217. The van der Waals surface area contributed by atoms with E-state index in [1.807, 2.05) is 6.07 Å². The summed E-state index contributed by atoms with van der Waals surface area (Å²) in [6.45, 7) is 6.52. The highest BCUT2D eigenvalue weighted by Gasteiger charge is 2.39. The van der Waals surface area contributed by atoms with E-state index in [0.717, 1.165) is 19.5 Å². The second-order valence-corrected chi connectivity index (χ2v) is 5.49. The van der Waals surface area contributed by atoms with Crippen LogP contribution in [0.5, 0.6) is 0 Å². The molecule has 2 rings (SSSR count). The zero-order valence-electron chi connectivity index (χ0n) is 10.8. The largest absolute Gasteiger partial charge is 0.315 e. The summed E-state index contributed by atoms with van der Waals surface area (Å²) in [6, 6.07) is 7.14. The molecule has 1 heterocycles. The molecule has 1 N–H and O–H groups in total. The maximum absolute atomic E-state index is 13.3. The summed E-state index contributed by atoms with van der Waals surface area (Å²) in [5, 5.41) is 3.35. The molecule has 1 aliphatic rings. The van der Waals surface area contributed by atoms with Crippen molar-refractivity contribution >= 4 is 0 Å². The lowest BCUT2D eigenvalue weighted by atomic mass is 9.69. The van der Waals surface area contributed by atoms with Gasteiger partial charge in [0.15, 0.2) is 0 Å². The molecule has 1 saturated heterocycles. The van der Waals surface area contributed by atoms with E-state index in [4.69, 9.17) is 0 Å². The van der Waals surface area contributed by atoms with Crippen LogP contribution < -0.4 is 5.32 Å². The summed E-state index contributed by atoms with van der Waals surface area (Å²) < 4.78 is 13.3. The Kier molecular flexibility index (Phi) is 3.82. The van der Waals surface area contributed by atoms with Crippen molar-refractivity contribution in [1.82, 2.24) is 5.32 Å². The predicted molar refractivity (Wildman–Crippen MR) is 69.6 cm³/mol. The van der Waals surface area contributed by atoms with Gasteiger partial charge in [-0.3, -0.25) is 0 Å². The molecule has 0 spiro atoms. The van der Waals surface area contributed by atoms with Crippen molar-refractivity contribution in [2.45, 2.75) is 38.5 Å². The van der Waals surface area contributed by atoms with Crippen LogP contribution in [0.25, 0.3) is 0 Å². The molecule has 1 nitrogen and oxygen atoms in total. The molecule has 0 bridgehead atoms. The third kappa shape index (κ3) is 2.68. The number of halogens is 1. The van der Waals surface area contributed by atoms with E-state index >= 15 is 0 Å². The van der Waals surface area contributed by atoms with Crippen LogP contribution in [0.4, 0.5) is 4.39 Å². The van der Waals surface area contributed by atoms with E-state index in [1.54, 1.807) is 6.07 Å². The first-order chi connectivity index (χ1) is 8.16. The third-order valence-electron chi connectivity index (χ3n) is 3.88. The van der Waals surface area contributed by atoms with Crippen LogP contribution >= 0.6 is 0 Å². The molecule has 0 saturated carbocycles. The Balaban J connectivity index is 2.14. The van der Waals surface area contributed by atoms with Gasteiger partial charge in [0.2, 0.25) is 0 Å². The second kappa shape index (κ2) is 5.18. The van der Waals surface area contributed by atoms with Crippen LogP contribution in [0.15, 0.2) is 24.3 Å². The fourth-order valence-electron chi connectivity index (χ4n) is 2.97. The van der Waals surface area contributed by atoms with Crippen molar-refractivity contribution in [1.29, 1.82) is 0 Å². The zero-order valence-corrected chi connectivity index (χ0v) is 10.8. The lowest BCUT2D eigenvalue weighted by Crippen LogP contribution is -2.57. The highest BCUT2D eigenvalue weighted by Crippen LogP contribution is 2.36. The number of nitrogens with one attached hydrogen (secondary N) is 1. The Morgan fingerprint density at radius 3 is 2.71 bits per heavy atom. The number of benzene rings is 1. The zero-order chi connectivity index (χ0) is 12.3. The van der Waals surface area contributed by atoms with Crippen molar-refractivity contribution in [2.75, 3.05) is 13.1 Å². The van der Waals surface area contributed by atoms with Gasteiger partial charge < -0.3 is 5.32 Å². The van der Waals surface area contributed by atoms with Crippen LogP contribution in [0.1, 0.15) is 38.7 Å². The predicted octanol–water partition coefficient (Wildman–Crippen LogP) is 3.49. The van der Waals surface area contributed by atoms with Gasteiger partial charge in [-0.1, -0.05) is 38.8 Å². The maximum atomic E-state index is 13.3. The molecule has 1 unspecified atom stereocenters. The highest BCUT2D eigenvalue weighted by molar-refractivity contribution is 5.30. The maximum Gasteiger partial charge on any atom is 0.123 e. The van der Waals surface area contributed by atoms with Gasteiger partial charge in [0.25, 0.3) is 0 Å². The minimum Gasteiger partial charge on any atom is -0.315 e. The van der Waals surface area contributed by atoms with Crippen LogP contribution in [0, 0.1) is 11.7 Å². The molecule has 94 valence electrons. The van der Waals surface area contributed by atoms with Crippen LogP contribution in [0.2, 0.25) is 0 Å². The topological polar surface area (TPSA) is 12.0 Å². The van der Waals surface area contributed by atoms with Crippen molar-refractivity contribution in [3.63, 3.8) is 0 Å². The van der Waals surface area contributed by atoms with Crippen LogP contribution in [-0.2, 0) is 5.41 Å². The molecule has 1 aromatic carbocycles. The standard InChI is InChI=1S/C15H22FN/c1-3-5-12(2)9-15(10-17-11-15)13-6-4-7-14(16)8-13/h4,6-8,12,17H,3,5,9-11H2,1-2H3. The first-order valence-corrected chi connectivity index (χ1v) is 6.63. The normalized spacial score (nSPS) is 19.7. The Morgan fingerprint density at radius 2 is 2.18 bits per heavy atom. The van der Waals surface area contributed by atoms with Gasteiger partial charge in [0.1, 0.15) is 5.82 Å². The number of hydrogen-bond acceptors (Lipinski definition) is 1. The fraction of sp³-hybridized carbons (Fsp3) is 0.600. The second-order valence-electron chi connectivity index (χ2n) is 5.49. The monoisotopic (exact) mass is 235 g/mol. The average Bonchev–Trinajstić information content (AvgIpc) is 2.24. The Morgan fingerprint density at radius 1 is 1.41 bits per heavy atom. The minimum absolute atomic E-state index is 0.114. The van der Waals surface area contributed by atoms with E-state index in [0.29, 0.717) is 5.92 Å². The fourth-order valence-corrected chi connectivity index (χ4v) is 2.97. The molecule has 0 aliphatic carbocycles. The molecule has 1 aromatic rings. The third-order valence-corrected chi connectivity index (χ3v) is 3.88. The average molecular weight is 235 g/mol. The van der Waals surface area contributed by atoms with Gasteiger partial charge in [-0.2, -0.15) is 0 Å². The van der Waals surface area contributed by atoms with Crippen molar-refractivity contribution in [2.24, 2.45) is 5.92 Å². The minimum atomic E-state index is -0.114. The van der Waals surface area contributed by atoms with Gasteiger partial charge in [-0.15, -0.1) is 0 Å². The van der Waals surface area contributed by atoms with E-state index in [9.17, 15) is 4.39 Å². The highest BCUT2D eigenvalue weighted by atomic mass is 19.1. The molecule has 1 fully saturated rings. The molecular weight excluding hydrogens is 213 g/mol. The Labute approximate surface area is 103 Å². The molecular formula is C15H22FN. The smallest absolute Gasteiger partial charge is 0.123 e. The summed E-state index contributed by atoms with van der Waals surface area (Å²) in [6.07, 6.45) is 3.65. The SMILES string of the molecule is CCCC(C)CC1(c2cccc(F)c2)CNC1. The summed E-state index contributed by atoms with van der Waals surface area (Å²) in [4.78, 5) is 0. The molecule has 1 aliphatic heterocycles. The van der Waals surface area contributed by atoms with Crippen molar-refractivity contribution in [3.8, 4) is 0 Å². The Hall–Kier alpha value is -0.890. The number of hydrogen-bond donors (Lipinski definition) is 1. The summed E-state index contributed by atoms with van der Waals surface area (Å²) in [5.41, 5.74) is 1.34. The van der Waals surface area contributed by atoms with Crippen LogP contribution in [0.3, 0.4) is 0 Å². The summed E-state index contributed by atoms with van der Waals surface area (Å²) >= 11 is 0. The lowest BCUT2D eigenvalue weighted by Gasteiger charge is -2.45. The Bertz CT molecular complexity index is 371. The molecule has 17 heavy (non-hydrogen) atoms. The van der Waals surface area contributed by atoms with E-state index in [-0.39, 0.29) is 11.2 Å². The molecule has 0 radical (unpaired) electrons. The first-order valence-electron chi connectivity index (χ1n) is 6.63. The van der Waals surface area contributed by atoms with Gasteiger partial charge in [0.05, 0.1) is 0 Å². The van der Waals surface area contributed by atoms with E-state index in [1.165, 1.54) is 24.5 Å². The summed E-state index contributed by atoms with van der Waals surface area (Å²) in [7, 11) is 0. The summed E-state index contributed by atoms with van der Waals surface area (Å²) in [5.74, 6) is 0.599. The van der Waals surface area contributed by atoms with E-state index in [2.05, 4.69) is 25.2 Å². The van der Waals surface area contributed by atoms with Gasteiger partial charge in [-0.25, -0.2) is 4.39 Å². The van der Waals surface area contributed by atoms with Crippen molar-refractivity contribution < 1.29 is 4.39 Å². The number of rotatable bonds is 5. The van der Waals surface area contributed by atoms with Crippen molar-refractivity contribution in [3.05, 3.63) is 35.6 Å². The van der Waals surface area contributed by atoms with Gasteiger partial charge in [0, 0.05) is 18.5 Å². The quantitative estimate of drug-likeness (QED) is 0.823. The molecule has 0 amide bonds. The van der Waals surface area contributed by atoms with Crippen LogP contribution in [-0.4, -0.2) is 13.1 Å². The molecule has 0 aromatic heterocycles. The molecule has 1 atom stereocenters. The first kappa shape index (κ1) is 12.6.